The quantitative estimate of drug-likeness (QED) is 0.541. The van der Waals surface area contributed by atoms with Crippen molar-refractivity contribution >= 4 is 35.0 Å². The zero-order valence-corrected chi connectivity index (χ0v) is 15.8. The van der Waals surface area contributed by atoms with Crippen LogP contribution in [0.25, 0.3) is 10.6 Å². The first kappa shape index (κ1) is 21.5. The molecular weight excluding hydrogens is 413 g/mol. The van der Waals surface area contributed by atoms with Gasteiger partial charge in [-0.1, -0.05) is 23.9 Å². The number of rotatable bonds is 6. The molecule has 0 aliphatic heterocycles. The van der Waals surface area contributed by atoms with E-state index in [9.17, 15) is 28.0 Å². The molecule has 2 rings (SSSR count). The zero-order valence-electron chi connectivity index (χ0n) is 14.2. The fraction of sp³-hybridized carbons (Fsp3) is 0.176. The van der Waals surface area contributed by atoms with Crippen LogP contribution in [-0.2, 0) is 11.0 Å². The summed E-state index contributed by atoms with van der Waals surface area (Å²) in [5, 5.41) is 15.0. The number of carbonyl (C=O) groups excluding carboxylic acids is 2. The summed E-state index contributed by atoms with van der Waals surface area (Å²) in [4.78, 5) is 27.9. The minimum Gasteiger partial charge on any atom is -0.334 e. The molecule has 0 aliphatic carbocycles. The van der Waals surface area contributed by atoms with E-state index in [1.54, 1.807) is 17.5 Å². The van der Waals surface area contributed by atoms with Gasteiger partial charge in [-0.15, -0.1) is 17.9 Å². The number of aromatic nitrogens is 1. The lowest BCUT2D eigenvalue weighted by Crippen LogP contribution is -2.40. The average Bonchev–Trinajstić information content (AvgIpc) is 3.17. The Labute approximate surface area is 166 Å². The first-order valence-corrected chi connectivity index (χ1v) is 9.50. The third-order valence-corrected chi connectivity index (χ3v) is 5.04. The molecule has 0 saturated heterocycles. The molecule has 11 heteroatoms. The van der Waals surface area contributed by atoms with E-state index in [1.807, 2.05) is 5.32 Å². The highest BCUT2D eigenvalue weighted by atomic mass is 32.2. The second-order valence-electron chi connectivity index (χ2n) is 5.16. The van der Waals surface area contributed by atoms with E-state index < -0.39 is 35.0 Å². The van der Waals surface area contributed by atoms with Crippen molar-refractivity contribution in [3.8, 4) is 16.6 Å². The summed E-state index contributed by atoms with van der Waals surface area (Å²) in [5.41, 5.74) is -1.74. The van der Waals surface area contributed by atoms with Gasteiger partial charge in [-0.05, 0) is 17.5 Å². The van der Waals surface area contributed by atoms with Crippen LogP contribution in [0.15, 0.2) is 41.3 Å². The number of hydrogen-bond donors (Lipinski definition) is 2. The van der Waals surface area contributed by atoms with Crippen molar-refractivity contribution in [2.24, 2.45) is 0 Å². The van der Waals surface area contributed by atoms with Gasteiger partial charge in [0, 0.05) is 6.54 Å². The maximum atomic E-state index is 13.4. The Bertz CT molecular complexity index is 922. The highest BCUT2D eigenvalue weighted by Crippen LogP contribution is 2.38. The van der Waals surface area contributed by atoms with Crippen molar-refractivity contribution in [2.75, 3.05) is 12.3 Å². The second kappa shape index (κ2) is 9.38. The molecular formula is C17H13F3N4O2S2. The minimum atomic E-state index is -4.76. The first-order chi connectivity index (χ1) is 13.3. The van der Waals surface area contributed by atoms with Gasteiger partial charge in [0.1, 0.15) is 11.1 Å². The summed E-state index contributed by atoms with van der Waals surface area (Å²) >= 11 is 1.84. The van der Waals surface area contributed by atoms with Crippen molar-refractivity contribution in [3.63, 3.8) is 0 Å². The van der Waals surface area contributed by atoms with Gasteiger partial charge in [-0.2, -0.15) is 18.4 Å². The third kappa shape index (κ3) is 5.58. The van der Waals surface area contributed by atoms with E-state index in [0.717, 1.165) is 6.07 Å². The number of thioether (sulfide) groups is 1. The molecule has 28 heavy (non-hydrogen) atoms. The molecule has 0 saturated carbocycles. The number of alkyl halides is 3. The Kier molecular flexibility index (Phi) is 7.19. The monoisotopic (exact) mass is 426 g/mol. The topological polar surface area (TPSA) is 94.9 Å². The Morgan fingerprint density at radius 3 is 2.75 bits per heavy atom. The highest BCUT2D eigenvalue weighted by molar-refractivity contribution is 8.00. The van der Waals surface area contributed by atoms with Crippen molar-refractivity contribution in [1.29, 1.82) is 5.26 Å². The third-order valence-electron chi connectivity index (χ3n) is 3.18. The van der Waals surface area contributed by atoms with Gasteiger partial charge < -0.3 is 5.32 Å². The molecule has 0 radical (unpaired) electrons. The van der Waals surface area contributed by atoms with Crippen LogP contribution in [-0.4, -0.2) is 29.2 Å². The molecule has 0 aromatic carbocycles. The molecule has 146 valence electrons. The number of nitrogens with zero attached hydrogens (tertiary/aromatic N) is 2. The summed E-state index contributed by atoms with van der Waals surface area (Å²) in [6, 6.07) is 4.83. The lowest BCUT2D eigenvalue weighted by molar-refractivity contribution is -0.138. The minimum absolute atomic E-state index is 0.0490. The van der Waals surface area contributed by atoms with Crippen molar-refractivity contribution in [3.05, 3.63) is 47.4 Å². The predicted octanol–water partition coefficient (Wildman–Crippen LogP) is 3.80. The maximum absolute atomic E-state index is 13.4. The number of halogens is 3. The summed E-state index contributed by atoms with van der Waals surface area (Å²) in [7, 11) is 0. The smallest absolute Gasteiger partial charge is 0.334 e. The van der Waals surface area contributed by atoms with Gasteiger partial charge >= 0.3 is 12.2 Å². The van der Waals surface area contributed by atoms with E-state index in [1.165, 1.54) is 23.5 Å². The van der Waals surface area contributed by atoms with Crippen LogP contribution in [0.2, 0.25) is 0 Å². The molecule has 0 fully saturated rings. The van der Waals surface area contributed by atoms with Gasteiger partial charge in [-0.25, -0.2) is 9.78 Å². The van der Waals surface area contributed by atoms with Gasteiger partial charge in [0.15, 0.2) is 0 Å². The van der Waals surface area contributed by atoms with Gasteiger partial charge in [-0.3, -0.25) is 10.1 Å². The molecule has 0 unspecified atom stereocenters. The molecule has 3 amide bonds. The van der Waals surface area contributed by atoms with E-state index >= 15 is 0 Å². The lowest BCUT2D eigenvalue weighted by atomic mass is 10.1. The van der Waals surface area contributed by atoms with Crippen LogP contribution in [0.3, 0.4) is 0 Å². The van der Waals surface area contributed by atoms with E-state index in [2.05, 4.69) is 16.9 Å². The number of imide groups is 1. The van der Waals surface area contributed by atoms with Crippen LogP contribution in [0.1, 0.15) is 11.1 Å². The molecule has 2 aromatic heterocycles. The molecule has 2 aromatic rings. The number of pyridine rings is 1. The largest absolute Gasteiger partial charge is 0.417 e. The number of hydrogen-bond acceptors (Lipinski definition) is 6. The highest BCUT2D eigenvalue weighted by Gasteiger charge is 2.36. The molecule has 0 bridgehead atoms. The predicted molar refractivity (Wildman–Crippen MR) is 99.7 cm³/mol. The van der Waals surface area contributed by atoms with Crippen molar-refractivity contribution in [2.45, 2.75) is 11.2 Å². The Morgan fingerprint density at radius 1 is 1.43 bits per heavy atom. The number of urea groups is 1. The zero-order chi connectivity index (χ0) is 20.7. The summed E-state index contributed by atoms with van der Waals surface area (Å²) in [6.07, 6.45) is -3.35. The Morgan fingerprint density at radius 2 is 2.18 bits per heavy atom. The van der Waals surface area contributed by atoms with Crippen molar-refractivity contribution < 1.29 is 22.8 Å². The van der Waals surface area contributed by atoms with Gasteiger partial charge in [0.05, 0.1) is 27.5 Å². The molecule has 0 spiro atoms. The van der Waals surface area contributed by atoms with E-state index in [0.29, 0.717) is 16.6 Å². The number of carbonyl (C=O) groups is 2. The summed E-state index contributed by atoms with van der Waals surface area (Å²) < 4.78 is 40.2. The number of nitriles is 1. The van der Waals surface area contributed by atoms with Gasteiger partial charge in [0.2, 0.25) is 5.91 Å². The molecule has 0 aliphatic rings. The van der Waals surface area contributed by atoms with Crippen LogP contribution >= 0.6 is 23.1 Å². The normalized spacial score (nSPS) is 10.8. The second-order valence-corrected chi connectivity index (χ2v) is 7.07. The summed E-state index contributed by atoms with van der Waals surface area (Å²) in [5.74, 6) is -1.14. The number of nitrogens with one attached hydrogen (secondary N) is 2. The Hall–Kier alpha value is -2.84. The molecule has 0 atom stereocenters. The van der Waals surface area contributed by atoms with E-state index in [4.69, 9.17) is 0 Å². The lowest BCUT2D eigenvalue weighted by Gasteiger charge is -2.13. The van der Waals surface area contributed by atoms with Crippen LogP contribution in [0, 0.1) is 11.3 Å². The van der Waals surface area contributed by atoms with E-state index in [-0.39, 0.29) is 17.3 Å². The Balaban J connectivity index is 2.28. The SMILES string of the molecule is C=CCNC(=O)NC(=O)CSc1nc(-c2cccs2)cc(C(F)(F)F)c1C#N. The number of amides is 3. The van der Waals surface area contributed by atoms with Crippen LogP contribution in [0.4, 0.5) is 18.0 Å². The molecule has 2 heterocycles. The first-order valence-electron chi connectivity index (χ1n) is 7.63. The van der Waals surface area contributed by atoms with Gasteiger partial charge in [0.25, 0.3) is 0 Å². The standard InChI is InChI=1S/C17H13F3N4O2S2/c1-2-5-22-16(26)24-14(25)9-28-15-10(8-21)11(17(18,19)20)7-12(23-15)13-4-3-6-27-13/h2-4,6-7H,1,5,9H2,(H2,22,24,25,26). The average molecular weight is 426 g/mol. The summed E-state index contributed by atoms with van der Waals surface area (Å²) in [6.45, 7) is 3.55. The maximum Gasteiger partial charge on any atom is 0.417 e. The fourth-order valence-corrected chi connectivity index (χ4v) is 3.50. The van der Waals surface area contributed by atoms with Crippen LogP contribution < -0.4 is 10.6 Å². The number of thiophene rings is 1. The van der Waals surface area contributed by atoms with Crippen LogP contribution in [0.5, 0.6) is 0 Å². The van der Waals surface area contributed by atoms with Crippen molar-refractivity contribution in [1.82, 2.24) is 15.6 Å². The fourth-order valence-electron chi connectivity index (χ4n) is 2.01. The molecule has 6 nitrogen and oxygen atoms in total. The molecule has 2 N–H and O–H groups in total.